The standard InChI is InChI=1S/C14H8N4S2/c1-3-4-8-6-10-9(14-12(8)16-20-18-14)5-7(2)11-13(10)17-19-15-11/h5-6H,1-2H3. The van der Waals surface area contributed by atoms with Crippen molar-refractivity contribution in [3.63, 3.8) is 0 Å². The SMILES string of the molecule is CC#Cc1cc2c(cc(C)c3nsnc32)c2nsnc12. The topological polar surface area (TPSA) is 51.6 Å². The van der Waals surface area contributed by atoms with E-state index in [4.69, 9.17) is 0 Å². The highest BCUT2D eigenvalue weighted by molar-refractivity contribution is 7.00. The largest absolute Gasteiger partial charge is 0.173 e. The Labute approximate surface area is 123 Å². The van der Waals surface area contributed by atoms with Gasteiger partial charge in [-0.15, -0.1) is 5.92 Å². The van der Waals surface area contributed by atoms with E-state index < -0.39 is 0 Å². The lowest BCUT2D eigenvalue weighted by Gasteiger charge is -2.03. The molecule has 2 aromatic carbocycles. The van der Waals surface area contributed by atoms with Crippen LogP contribution < -0.4 is 0 Å². The first kappa shape index (κ1) is 11.7. The molecule has 6 heteroatoms. The van der Waals surface area contributed by atoms with Gasteiger partial charge in [-0.2, -0.15) is 17.5 Å². The van der Waals surface area contributed by atoms with Crippen molar-refractivity contribution in [1.82, 2.24) is 17.5 Å². The molecule has 96 valence electrons. The van der Waals surface area contributed by atoms with Crippen LogP contribution in [0.5, 0.6) is 0 Å². The van der Waals surface area contributed by atoms with Crippen molar-refractivity contribution < 1.29 is 0 Å². The Kier molecular flexibility index (Phi) is 2.46. The van der Waals surface area contributed by atoms with Crippen LogP contribution in [0.15, 0.2) is 12.1 Å². The van der Waals surface area contributed by atoms with Gasteiger partial charge in [0.1, 0.15) is 22.1 Å². The molecule has 0 aliphatic heterocycles. The van der Waals surface area contributed by atoms with Gasteiger partial charge in [0, 0.05) is 10.8 Å². The van der Waals surface area contributed by atoms with E-state index in [1.807, 2.05) is 6.92 Å². The highest BCUT2D eigenvalue weighted by Crippen LogP contribution is 2.33. The van der Waals surface area contributed by atoms with Crippen molar-refractivity contribution in [2.45, 2.75) is 13.8 Å². The number of aryl methyl sites for hydroxylation is 1. The lowest BCUT2D eigenvalue weighted by Crippen LogP contribution is -1.87. The number of hydrogen-bond acceptors (Lipinski definition) is 6. The first-order valence-electron chi connectivity index (χ1n) is 6.03. The molecule has 0 bridgehead atoms. The van der Waals surface area contributed by atoms with Crippen LogP contribution in [-0.2, 0) is 0 Å². The number of rotatable bonds is 0. The monoisotopic (exact) mass is 296 g/mol. The predicted molar refractivity (Wildman–Crippen MR) is 83.2 cm³/mol. The van der Waals surface area contributed by atoms with Gasteiger partial charge in [-0.25, -0.2) is 0 Å². The molecule has 0 radical (unpaired) electrons. The summed E-state index contributed by atoms with van der Waals surface area (Å²) in [6.07, 6.45) is 0. The number of fused-ring (bicyclic) bond motifs is 5. The van der Waals surface area contributed by atoms with E-state index in [0.717, 1.165) is 44.0 Å². The maximum absolute atomic E-state index is 4.44. The van der Waals surface area contributed by atoms with Gasteiger partial charge in [0.2, 0.25) is 0 Å². The molecule has 2 heterocycles. The summed E-state index contributed by atoms with van der Waals surface area (Å²) in [5.41, 5.74) is 5.69. The molecule has 0 spiro atoms. The van der Waals surface area contributed by atoms with E-state index in [0.29, 0.717) is 0 Å². The molecule has 0 aliphatic rings. The van der Waals surface area contributed by atoms with E-state index in [2.05, 4.69) is 48.4 Å². The van der Waals surface area contributed by atoms with Crippen LogP contribution in [0.25, 0.3) is 32.8 Å². The molecule has 0 saturated heterocycles. The van der Waals surface area contributed by atoms with Crippen LogP contribution in [-0.4, -0.2) is 17.5 Å². The molecule has 4 rings (SSSR count). The Morgan fingerprint density at radius 3 is 2.20 bits per heavy atom. The number of hydrogen-bond donors (Lipinski definition) is 0. The average Bonchev–Trinajstić information content (AvgIpc) is 3.09. The summed E-state index contributed by atoms with van der Waals surface area (Å²) in [6, 6.07) is 4.17. The fourth-order valence-corrected chi connectivity index (χ4v) is 3.63. The molecule has 0 saturated carbocycles. The van der Waals surface area contributed by atoms with E-state index in [9.17, 15) is 0 Å². The minimum Gasteiger partial charge on any atom is -0.173 e. The molecule has 2 aromatic heterocycles. The van der Waals surface area contributed by atoms with Crippen molar-refractivity contribution >= 4 is 56.3 Å². The van der Waals surface area contributed by atoms with Crippen molar-refractivity contribution in [2.24, 2.45) is 0 Å². The lowest BCUT2D eigenvalue weighted by molar-refractivity contribution is 1.50. The minimum absolute atomic E-state index is 0.874. The Morgan fingerprint density at radius 1 is 0.850 bits per heavy atom. The average molecular weight is 296 g/mol. The maximum Gasteiger partial charge on any atom is 0.121 e. The number of nitrogens with zero attached hydrogens (tertiary/aromatic N) is 4. The second-order valence-electron chi connectivity index (χ2n) is 4.51. The van der Waals surface area contributed by atoms with Gasteiger partial charge < -0.3 is 0 Å². The summed E-state index contributed by atoms with van der Waals surface area (Å²) in [7, 11) is 0. The van der Waals surface area contributed by atoms with Crippen molar-refractivity contribution in [3.8, 4) is 11.8 Å². The lowest BCUT2D eigenvalue weighted by atomic mass is 10.0. The van der Waals surface area contributed by atoms with E-state index in [1.165, 1.54) is 23.5 Å². The Balaban J connectivity index is 2.34. The third kappa shape index (κ3) is 1.48. The van der Waals surface area contributed by atoms with Gasteiger partial charge in [-0.1, -0.05) is 5.92 Å². The van der Waals surface area contributed by atoms with Gasteiger partial charge >= 0.3 is 0 Å². The molecule has 4 aromatic rings. The first-order chi connectivity index (χ1) is 9.79. The zero-order valence-corrected chi connectivity index (χ0v) is 12.4. The minimum atomic E-state index is 0.874. The van der Waals surface area contributed by atoms with Crippen LogP contribution in [0.2, 0.25) is 0 Å². The fraction of sp³-hybridized carbons (Fsp3) is 0.143. The fourth-order valence-electron chi connectivity index (χ4n) is 2.44. The molecule has 0 N–H and O–H groups in total. The number of benzene rings is 2. The van der Waals surface area contributed by atoms with Gasteiger partial charge in [-0.05, 0) is 31.5 Å². The molecular formula is C14H8N4S2. The Morgan fingerprint density at radius 2 is 1.45 bits per heavy atom. The third-order valence-electron chi connectivity index (χ3n) is 3.32. The van der Waals surface area contributed by atoms with E-state index in [1.54, 1.807) is 0 Å². The number of aromatic nitrogens is 4. The van der Waals surface area contributed by atoms with E-state index in [-0.39, 0.29) is 0 Å². The molecule has 0 unspecified atom stereocenters. The molecule has 0 aliphatic carbocycles. The Bertz CT molecular complexity index is 1030. The highest BCUT2D eigenvalue weighted by Gasteiger charge is 2.15. The van der Waals surface area contributed by atoms with Gasteiger partial charge in [-0.3, -0.25) is 0 Å². The molecule has 0 amide bonds. The van der Waals surface area contributed by atoms with Gasteiger partial charge in [0.25, 0.3) is 0 Å². The summed E-state index contributed by atoms with van der Waals surface area (Å²) in [5, 5.41) is 2.13. The van der Waals surface area contributed by atoms with Crippen LogP contribution in [0.4, 0.5) is 0 Å². The maximum atomic E-state index is 4.44. The zero-order valence-electron chi connectivity index (χ0n) is 10.8. The van der Waals surface area contributed by atoms with Crippen LogP contribution >= 0.6 is 23.5 Å². The zero-order chi connectivity index (χ0) is 13.7. The first-order valence-corrected chi connectivity index (χ1v) is 7.49. The summed E-state index contributed by atoms with van der Waals surface area (Å²) in [6.45, 7) is 3.87. The molecular weight excluding hydrogens is 288 g/mol. The molecule has 4 nitrogen and oxygen atoms in total. The van der Waals surface area contributed by atoms with Crippen LogP contribution in [0.3, 0.4) is 0 Å². The Hall–Kier alpha value is -2.10. The highest BCUT2D eigenvalue weighted by atomic mass is 32.1. The normalized spacial score (nSPS) is 11.1. The summed E-state index contributed by atoms with van der Waals surface area (Å²) < 4.78 is 17.6. The smallest absolute Gasteiger partial charge is 0.121 e. The van der Waals surface area contributed by atoms with E-state index >= 15 is 0 Å². The third-order valence-corrected chi connectivity index (χ3v) is 4.37. The summed E-state index contributed by atoms with van der Waals surface area (Å²) in [5.74, 6) is 6.05. The van der Waals surface area contributed by atoms with Crippen LogP contribution in [0.1, 0.15) is 18.1 Å². The molecule has 0 fully saturated rings. The summed E-state index contributed by atoms with van der Waals surface area (Å²) in [4.78, 5) is 0. The quantitative estimate of drug-likeness (QED) is 0.466. The van der Waals surface area contributed by atoms with Crippen molar-refractivity contribution in [1.29, 1.82) is 0 Å². The predicted octanol–water partition coefficient (Wildman–Crippen LogP) is 3.53. The van der Waals surface area contributed by atoms with Crippen molar-refractivity contribution in [2.75, 3.05) is 0 Å². The van der Waals surface area contributed by atoms with Crippen LogP contribution in [0, 0.1) is 18.8 Å². The second kappa shape index (κ2) is 4.20. The van der Waals surface area contributed by atoms with Crippen molar-refractivity contribution in [3.05, 3.63) is 23.3 Å². The molecule has 0 atom stereocenters. The second-order valence-corrected chi connectivity index (χ2v) is 5.57. The summed E-state index contributed by atoms with van der Waals surface area (Å²) >= 11 is 2.46. The van der Waals surface area contributed by atoms with Gasteiger partial charge in [0.05, 0.1) is 29.0 Å². The van der Waals surface area contributed by atoms with Gasteiger partial charge in [0.15, 0.2) is 0 Å². The molecule has 20 heavy (non-hydrogen) atoms.